The molecule has 212 valence electrons. The van der Waals surface area contributed by atoms with Crippen LogP contribution in [0.3, 0.4) is 0 Å². The van der Waals surface area contributed by atoms with Crippen LogP contribution in [0.5, 0.6) is 0 Å². The van der Waals surface area contributed by atoms with Crippen LogP contribution in [0.25, 0.3) is 10.8 Å². The Morgan fingerprint density at radius 2 is 1.79 bits per heavy atom. The molecule has 0 aliphatic carbocycles. The first-order valence-electron chi connectivity index (χ1n) is 13.2. The minimum atomic E-state index is -3.93. The Morgan fingerprint density at radius 1 is 1.08 bits per heavy atom. The summed E-state index contributed by atoms with van der Waals surface area (Å²) < 4.78 is 42.3. The number of halogens is 1. The first-order chi connectivity index (χ1) is 18.5. The molecular weight excluding hydrogens is 580 g/mol. The fourth-order valence-corrected chi connectivity index (χ4v) is 7.19. The maximum absolute atomic E-state index is 13.8. The topological polar surface area (TPSA) is 113 Å². The number of rotatable bonds is 14. The molecule has 0 radical (unpaired) electrons. The summed E-state index contributed by atoms with van der Waals surface area (Å²) in [6.07, 6.45) is 2.06. The van der Waals surface area contributed by atoms with Crippen molar-refractivity contribution in [3.05, 3.63) is 72.0 Å². The number of fused-ring (bicyclic) bond motifs is 1. The molecule has 0 heterocycles. The van der Waals surface area contributed by atoms with Crippen LogP contribution in [0, 0.1) is 11.7 Å². The van der Waals surface area contributed by atoms with E-state index in [9.17, 15) is 22.7 Å². The van der Waals surface area contributed by atoms with E-state index in [-0.39, 0.29) is 29.9 Å². The van der Waals surface area contributed by atoms with Crippen molar-refractivity contribution in [2.24, 2.45) is 11.7 Å². The summed E-state index contributed by atoms with van der Waals surface area (Å²) in [7, 11) is -3.93. The van der Waals surface area contributed by atoms with E-state index in [1.54, 1.807) is 0 Å². The van der Waals surface area contributed by atoms with Crippen LogP contribution >= 0.6 is 0 Å². The summed E-state index contributed by atoms with van der Waals surface area (Å²) in [5, 5.41) is 15.2. The van der Waals surface area contributed by atoms with Crippen LogP contribution < -0.4 is 15.4 Å². The summed E-state index contributed by atoms with van der Waals surface area (Å²) >= 11 is 1.01. The number of carbonyl (C=O) groups is 1. The monoisotopic (exact) mass is 619 g/mol. The van der Waals surface area contributed by atoms with Gasteiger partial charge in [-0.25, -0.2) is 0 Å². The number of nitrogens with one attached hydrogen (secondary N) is 1. The Morgan fingerprint density at radius 3 is 2.46 bits per heavy atom. The number of benzene rings is 3. The number of amides is 1. The van der Waals surface area contributed by atoms with Crippen molar-refractivity contribution in [3.8, 4) is 0 Å². The van der Waals surface area contributed by atoms with Crippen molar-refractivity contribution in [2.45, 2.75) is 56.5 Å². The number of sulfonamides is 1. The van der Waals surface area contributed by atoms with E-state index >= 15 is 0 Å². The summed E-state index contributed by atoms with van der Waals surface area (Å²) in [6, 6.07) is 16.6. The molecule has 0 aliphatic heterocycles. The predicted octanol–water partition coefficient (Wildman–Crippen LogP) is 2.10. The van der Waals surface area contributed by atoms with E-state index in [0.717, 1.165) is 33.2 Å². The van der Waals surface area contributed by atoms with Gasteiger partial charge in [0.05, 0.1) is 6.04 Å². The summed E-state index contributed by atoms with van der Waals surface area (Å²) in [4.78, 5) is 12.6. The Bertz CT molecular complexity index is 1370. The number of hydrogen-bond acceptors (Lipinski definition) is 5. The van der Waals surface area contributed by atoms with Crippen molar-refractivity contribution in [2.75, 3.05) is 19.7 Å². The number of hydrogen-bond donors (Lipinski definition) is 3. The van der Waals surface area contributed by atoms with Crippen molar-refractivity contribution in [3.63, 3.8) is 0 Å². The van der Waals surface area contributed by atoms with Gasteiger partial charge in [0.1, 0.15) is 0 Å². The molecule has 3 aromatic rings. The second kappa shape index (κ2) is 14.4. The fourth-order valence-electron chi connectivity index (χ4n) is 4.51. The van der Waals surface area contributed by atoms with Crippen LogP contribution in [0.1, 0.15) is 38.7 Å². The molecular formula is C29H39AsFN3O4S. The molecule has 3 rings (SSSR count). The van der Waals surface area contributed by atoms with Gasteiger partial charge in [0.15, 0.2) is 0 Å². The van der Waals surface area contributed by atoms with Gasteiger partial charge in [-0.15, -0.1) is 0 Å². The Kier molecular flexibility index (Phi) is 11.5. The van der Waals surface area contributed by atoms with Crippen LogP contribution in [0.4, 0.5) is 4.39 Å². The molecule has 10 heteroatoms. The number of aliphatic hydroxyl groups excluding tert-OH is 1. The van der Waals surface area contributed by atoms with Gasteiger partial charge in [-0.3, -0.25) is 4.79 Å². The molecule has 0 aliphatic rings. The van der Waals surface area contributed by atoms with E-state index < -0.39 is 27.9 Å². The molecule has 0 bridgehead atoms. The van der Waals surface area contributed by atoms with E-state index in [0.29, 0.717) is 36.6 Å². The van der Waals surface area contributed by atoms with E-state index in [1.165, 1.54) is 22.5 Å². The standard InChI is InChI=1S/C29H39AsFN3O4S/c1-20(2)18-34(39(37,38)25-12-13-27(31)26(30)17-25)24(19-35)9-5-6-14-33-29(36)28(32)16-21-10-11-22-7-3-4-8-23(22)15-21/h3-4,7-8,10-13,15,17,20,24,28,35H,5-6,9,14,16,18-19,30,32H2,1-2H3,(H,33,36)/t24-,28-/m0/s1. The Hall–Kier alpha value is -2.29. The van der Waals surface area contributed by atoms with Gasteiger partial charge in [0.25, 0.3) is 0 Å². The fraction of sp³-hybridized carbons (Fsp3) is 0.414. The van der Waals surface area contributed by atoms with Crippen molar-refractivity contribution >= 4 is 47.9 Å². The molecule has 7 nitrogen and oxygen atoms in total. The number of unbranched alkanes of at least 4 members (excludes halogenated alkanes) is 1. The van der Waals surface area contributed by atoms with E-state index in [4.69, 9.17) is 5.73 Å². The summed E-state index contributed by atoms with van der Waals surface area (Å²) in [5.41, 5.74) is 7.14. The van der Waals surface area contributed by atoms with E-state index in [2.05, 4.69) is 5.32 Å². The normalized spacial score (nSPS) is 13.6. The van der Waals surface area contributed by atoms with Gasteiger partial charge >= 0.3 is 158 Å². The third-order valence-corrected chi connectivity index (χ3v) is 9.45. The third kappa shape index (κ3) is 8.59. The Labute approximate surface area is 239 Å². The average Bonchev–Trinajstić information content (AvgIpc) is 2.90. The molecule has 3 atom stereocenters. The number of carbonyl (C=O) groups excluding carboxylic acids is 1. The molecule has 0 saturated carbocycles. The van der Waals surface area contributed by atoms with E-state index in [1.807, 2.05) is 56.3 Å². The third-order valence-electron chi connectivity index (χ3n) is 6.61. The quantitative estimate of drug-likeness (QED) is 0.189. The second-order valence-electron chi connectivity index (χ2n) is 10.3. The van der Waals surface area contributed by atoms with Gasteiger partial charge in [-0.2, -0.15) is 0 Å². The minimum absolute atomic E-state index is 0.0232. The SMILES string of the molecule is CC(C)CN([C@H](CO)CCCCNC(=O)[C@@H](N)Cc1ccc2ccccc2c1)S(=O)(=O)c1ccc(F)c([AsH2])c1. The van der Waals surface area contributed by atoms with Gasteiger partial charge in [0.2, 0.25) is 0 Å². The zero-order valence-corrected chi connectivity index (χ0v) is 25.8. The van der Waals surface area contributed by atoms with Gasteiger partial charge < -0.3 is 5.73 Å². The van der Waals surface area contributed by atoms with Crippen molar-refractivity contribution in [1.29, 1.82) is 0 Å². The Balaban J connectivity index is 1.53. The van der Waals surface area contributed by atoms with Crippen LogP contribution in [-0.4, -0.2) is 72.4 Å². The number of nitrogens with zero attached hydrogens (tertiary/aromatic N) is 1. The van der Waals surface area contributed by atoms with Gasteiger partial charge in [-0.05, 0) is 22.8 Å². The van der Waals surface area contributed by atoms with Crippen LogP contribution in [-0.2, 0) is 21.2 Å². The zero-order valence-electron chi connectivity index (χ0n) is 22.5. The molecule has 0 saturated heterocycles. The molecule has 1 unspecified atom stereocenters. The van der Waals surface area contributed by atoms with Crippen molar-refractivity contribution in [1.82, 2.24) is 9.62 Å². The van der Waals surface area contributed by atoms with Crippen LogP contribution in [0.2, 0.25) is 0 Å². The predicted molar refractivity (Wildman–Crippen MR) is 157 cm³/mol. The first kappa shape index (κ1) is 31.2. The second-order valence-corrected chi connectivity index (χ2v) is 13.5. The molecule has 0 spiro atoms. The summed E-state index contributed by atoms with van der Waals surface area (Å²) in [6.45, 7) is 4.12. The molecule has 0 fully saturated rings. The first-order valence-corrected chi connectivity index (χ1v) is 15.9. The molecule has 1 amide bonds. The maximum atomic E-state index is 13.8. The van der Waals surface area contributed by atoms with Gasteiger partial charge in [0, 0.05) is 0 Å². The average molecular weight is 620 g/mol. The molecule has 4 N–H and O–H groups in total. The van der Waals surface area contributed by atoms with Gasteiger partial charge in [-0.1, -0.05) is 42.5 Å². The zero-order chi connectivity index (χ0) is 28.6. The molecule has 0 aromatic heterocycles. The van der Waals surface area contributed by atoms with Crippen LogP contribution in [0.15, 0.2) is 65.6 Å². The molecule has 3 aromatic carbocycles. The van der Waals surface area contributed by atoms with Crippen molar-refractivity contribution < 1.29 is 22.7 Å². The number of nitrogens with two attached hydrogens (primary N) is 1. The number of aliphatic hydroxyl groups is 1. The summed E-state index contributed by atoms with van der Waals surface area (Å²) in [5.74, 6) is -0.649. The molecule has 39 heavy (non-hydrogen) atoms.